The summed E-state index contributed by atoms with van der Waals surface area (Å²) in [5.41, 5.74) is 0. The van der Waals surface area contributed by atoms with Crippen LogP contribution in [-0.2, 0) is 14.3 Å². The van der Waals surface area contributed by atoms with E-state index in [4.69, 9.17) is 16.3 Å². The van der Waals surface area contributed by atoms with Crippen molar-refractivity contribution in [2.75, 3.05) is 25.0 Å². The van der Waals surface area contributed by atoms with Crippen molar-refractivity contribution in [1.82, 2.24) is 9.88 Å². The maximum atomic E-state index is 12.6. The summed E-state index contributed by atoms with van der Waals surface area (Å²) in [6.45, 7) is 4.49. The molecule has 1 fully saturated rings. The number of likely N-dealkylation sites (tertiary alicyclic amines) is 1. The fourth-order valence-corrected chi connectivity index (χ4v) is 3.21. The van der Waals surface area contributed by atoms with E-state index >= 15 is 0 Å². The van der Waals surface area contributed by atoms with Crippen LogP contribution in [0, 0.1) is 0 Å². The molecular formula is C18H26ClN3O3. The molecule has 0 unspecified atom stereocenters. The number of carbonyl (C=O) groups excluding carboxylic acids is 2. The lowest BCUT2D eigenvalue weighted by molar-refractivity contribution is -0.159. The van der Waals surface area contributed by atoms with Crippen molar-refractivity contribution in [3.8, 4) is 0 Å². The number of aromatic nitrogens is 1. The number of hydrogen-bond donors (Lipinski definition) is 0. The van der Waals surface area contributed by atoms with Crippen molar-refractivity contribution in [1.29, 1.82) is 0 Å². The van der Waals surface area contributed by atoms with Gasteiger partial charge in [0.05, 0.1) is 5.02 Å². The quantitative estimate of drug-likeness (QED) is 0.723. The van der Waals surface area contributed by atoms with E-state index in [0.717, 1.165) is 32.2 Å². The van der Waals surface area contributed by atoms with Crippen LogP contribution in [0.5, 0.6) is 0 Å². The Labute approximate surface area is 154 Å². The molecule has 1 aromatic rings. The van der Waals surface area contributed by atoms with Crippen molar-refractivity contribution < 1.29 is 14.3 Å². The minimum Gasteiger partial charge on any atom is -0.451 e. The van der Waals surface area contributed by atoms with Crippen LogP contribution in [-0.4, -0.2) is 54.0 Å². The zero-order valence-electron chi connectivity index (χ0n) is 15.1. The number of halogens is 1. The van der Waals surface area contributed by atoms with Crippen molar-refractivity contribution >= 4 is 29.3 Å². The first-order chi connectivity index (χ1) is 11.9. The second kappa shape index (κ2) is 9.04. The van der Waals surface area contributed by atoms with Gasteiger partial charge in [-0.05, 0) is 44.7 Å². The molecular weight excluding hydrogens is 342 g/mol. The number of carbonyl (C=O) groups is 2. The van der Waals surface area contributed by atoms with Crippen molar-refractivity contribution in [2.24, 2.45) is 0 Å². The topological polar surface area (TPSA) is 62.7 Å². The Hall–Kier alpha value is -1.82. The average molecular weight is 368 g/mol. The van der Waals surface area contributed by atoms with Gasteiger partial charge >= 0.3 is 5.97 Å². The van der Waals surface area contributed by atoms with E-state index in [9.17, 15) is 9.59 Å². The predicted molar refractivity (Wildman–Crippen MR) is 97.7 cm³/mol. The van der Waals surface area contributed by atoms with Crippen molar-refractivity contribution in [3.63, 3.8) is 0 Å². The van der Waals surface area contributed by atoms with Gasteiger partial charge in [-0.25, -0.2) is 4.98 Å². The van der Waals surface area contributed by atoms with Gasteiger partial charge in [-0.15, -0.1) is 0 Å². The van der Waals surface area contributed by atoms with E-state index in [1.165, 1.54) is 6.20 Å². The molecule has 0 aromatic carbocycles. The highest BCUT2D eigenvalue weighted by Crippen LogP contribution is 2.21. The molecule has 1 amide bonds. The van der Waals surface area contributed by atoms with E-state index in [1.54, 1.807) is 31.0 Å². The van der Waals surface area contributed by atoms with Crippen LogP contribution in [0.4, 0.5) is 5.82 Å². The number of nitrogens with zero attached hydrogens (tertiary/aromatic N) is 3. The van der Waals surface area contributed by atoms with Gasteiger partial charge in [0, 0.05) is 25.8 Å². The summed E-state index contributed by atoms with van der Waals surface area (Å²) in [5, 5.41) is 0.533. The first-order valence-electron chi connectivity index (χ1n) is 8.75. The molecule has 6 nitrogen and oxygen atoms in total. The van der Waals surface area contributed by atoms with Gasteiger partial charge in [0.25, 0.3) is 5.91 Å². The Balaban J connectivity index is 1.88. The minimum atomic E-state index is -0.772. The summed E-state index contributed by atoms with van der Waals surface area (Å²) in [5.74, 6) is 0.0553. The first-order valence-corrected chi connectivity index (χ1v) is 9.12. The molecule has 0 aliphatic carbocycles. The standard InChI is InChI=1S/C18H26ClN3O3/c1-4-15-7-5-6-10-22(15)18(24)13(2)25-17(23)12-21(3)16-9-8-14(19)11-20-16/h8-9,11,13,15H,4-7,10,12H2,1-3H3/t13-,15+/m0/s1. The SMILES string of the molecule is CC[C@@H]1CCCCN1C(=O)[C@H](C)OC(=O)CN(C)c1ccc(Cl)cn1. The molecule has 0 saturated carbocycles. The fraction of sp³-hybridized carbons (Fsp3) is 0.611. The van der Waals surface area contributed by atoms with Gasteiger partial charge in [0.15, 0.2) is 6.10 Å². The molecule has 2 heterocycles. The summed E-state index contributed by atoms with van der Waals surface area (Å²) in [6, 6.07) is 3.69. The number of amides is 1. The number of piperidine rings is 1. The Morgan fingerprint density at radius 1 is 1.44 bits per heavy atom. The molecule has 2 atom stereocenters. The third-order valence-corrected chi connectivity index (χ3v) is 4.73. The molecule has 0 N–H and O–H groups in total. The molecule has 25 heavy (non-hydrogen) atoms. The molecule has 1 saturated heterocycles. The molecule has 138 valence electrons. The third-order valence-electron chi connectivity index (χ3n) is 4.51. The highest BCUT2D eigenvalue weighted by atomic mass is 35.5. The van der Waals surface area contributed by atoms with Gasteiger partial charge in [0.2, 0.25) is 0 Å². The molecule has 0 bridgehead atoms. The third kappa shape index (κ3) is 5.33. The Morgan fingerprint density at radius 2 is 2.20 bits per heavy atom. The zero-order valence-corrected chi connectivity index (χ0v) is 15.8. The molecule has 1 aliphatic rings. The summed E-state index contributed by atoms with van der Waals surface area (Å²) in [7, 11) is 1.74. The van der Waals surface area contributed by atoms with Gasteiger partial charge in [-0.2, -0.15) is 0 Å². The molecule has 1 aliphatic heterocycles. The number of likely N-dealkylation sites (N-methyl/N-ethyl adjacent to an activating group) is 1. The van der Waals surface area contributed by atoms with Crippen LogP contribution >= 0.6 is 11.6 Å². The van der Waals surface area contributed by atoms with E-state index in [2.05, 4.69) is 11.9 Å². The molecule has 0 radical (unpaired) electrons. The first kappa shape index (κ1) is 19.5. The molecule has 7 heteroatoms. The second-order valence-corrected chi connectivity index (χ2v) is 6.85. The minimum absolute atomic E-state index is 0.0173. The summed E-state index contributed by atoms with van der Waals surface area (Å²) in [4.78, 5) is 32.4. The van der Waals surface area contributed by atoms with Crippen LogP contribution in [0.2, 0.25) is 5.02 Å². The molecule has 1 aromatic heterocycles. The van der Waals surface area contributed by atoms with Gasteiger partial charge in [-0.3, -0.25) is 9.59 Å². The lowest BCUT2D eigenvalue weighted by atomic mass is 9.99. The largest absolute Gasteiger partial charge is 0.451 e. The van der Waals surface area contributed by atoms with Gasteiger partial charge in [0.1, 0.15) is 12.4 Å². The lowest BCUT2D eigenvalue weighted by Gasteiger charge is -2.36. The maximum absolute atomic E-state index is 12.6. The number of hydrogen-bond acceptors (Lipinski definition) is 5. The highest BCUT2D eigenvalue weighted by molar-refractivity contribution is 6.30. The number of anilines is 1. The number of ether oxygens (including phenoxy) is 1. The smallest absolute Gasteiger partial charge is 0.326 e. The summed E-state index contributed by atoms with van der Waals surface area (Å²) < 4.78 is 5.35. The number of esters is 1. The average Bonchev–Trinajstić information content (AvgIpc) is 2.61. The van der Waals surface area contributed by atoms with E-state index < -0.39 is 12.1 Å². The zero-order chi connectivity index (χ0) is 18.4. The Morgan fingerprint density at radius 3 is 2.84 bits per heavy atom. The van der Waals surface area contributed by atoms with Crippen LogP contribution in [0.3, 0.4) is 0 Å². The van der Waals surface area contributed by atoms with Crippen LogP contribution in [0.15, 0.2) is 18.3 Å². The van der Waals surface area contributed by atoms with Crippen LogP contribution < -0.4 is 4.90 Å². The Kier molecular flexibility index (Phi) is 7.05. The highest BCUT2D eigenvalue weighted by Gasteiger charge is 2.30. The lowest BCUT2D eigenvalue weighted by Crippen LogP contribution is -2.48. The van der Waals surface area contributed by atoms with Crippen LogP contribution in [0.1, 0.15) is 39.5 Å². The normalized spacial score (nSPS) is 18.6. The van der Waals surface area contributed by atoms with Gasteiger partial charge in [-0.1, -0.05) is 18.5 Å². The second-order valence-electron chi connectivity index (χ2n) is 6.41. The number of pyridine rings is 1. The molecule has 2 rings (SSSR count). The van der Waals surface area contributed by atoms with E-state index in [1.807, 2.05) is 4.90 Å². The van der Waals surface area contributed by atoms with Crippen molar-refractivity contribution in [2.45, 2.75) is 51.7 Å². The number of rotatable bonds is 6. The Bertz CT molecular complexity index is 594. The van der Waals surface area contributed by atoms with E-state index in [0.29, 0.717) is 10.8 Å². The summed E-state index contributed by atoms with van der Waals surface area (Å²) >= 11 is 5.81. The monoisotopic (exact) mass is 367 g/mol. The van der Waals surface area contributed by atoms with E-state index in [-0.39, 0.29) is 18.5 Å². The predicted octanol–water partition coefficient (Wildman–Crippen LogP) is 2.89. The summed E-state index contributed by atoms with van der Waals surface area (Å²) in [6.07, 6.45) is 4.85. The molecule has 0 spiro atoms. The maximum Gasteiger partial charge on any atom is 0.326 e. The van der Waals surface area contributed by atoms with Gasteiger partial charge < -0.3 is 14.5 Å². The fourth-order valence-electron chi connectivity index (χ4n) is 3.10. The van der Waals surface area contributed by atoms with Crippen molar-refractivity contribution in [3.05, 3.63) is 23.4 Å². The van der Waals surface area contributed by atoms with Crippen LogP contribution in [0.25, 0.3) is 0 Å².